The molecule has 0 atom stereocenters. The first kappa shape index (κ1) is 26.4. The van der Waals surface area contributed by atoms with Crippen molar-refractivity contribution in [2.24, 2.45) is 0 Å². The summed E-state index contributed by atoms with van der Waals surface area (Å²) in [6.07, 6.45) is -2.12. The van der Waals surface area contributed by atoms with Crippen LogP contribution in [0.25, 0.3) is 0 Å². The predicted octanol–water partition coefficient (Wildman–Crippen LogP) is 6.94. The Balaban J connectivity index is 1.58. The molecule has 0 saturated heterocycles. The van der Waals surface area contributed by atoms with E-state index in [1.807, 2.05) is 18.2 Å². The summed E-state index contributed by atoms with van der Waals surface area (Å²) in [5.74, 6) is -0.0532. The van der Waals surface area contributed by atoms with E-state index in [-0.39, 0.29) is 41.9 Å². The molecule has 1 saturated carbocycles. The fraction of sp³-hybridized carbons (Fsp3) is 0.286. The van der Waals surface area contributed by atoms with Crippen molar-refractivity contribution in [1.82, 2.24) is 4.90 Å². The third-order valence-electron chi connectivity index (χ3n) is 6.08. The topological polar surface area (TPSA) is 65.4 Å². The van der Waals surface area contributed by atoms with Gasteiger partial charge in [-0.15, -0.1) is 13.2 Å². The molecule has 1 amide bonds. The lowest BCUT2D eigenvalue weighted by Gasteiger charge is -2.25. The predicted molar refractivity (Wildman–Crippen MR) is 136 cm³/mol. The van der Waals surface area contributed by atoms with Gasteiger partial charge in [0.1, 0.15) is 12.3 Å². The summed E-state index contributed by atoms with van der Waals surface area (Å²) in [5, 5.41) is 12.1. The minimum Gasteiger partial charge on any atom is -0.406 e. The second kappa shape index (κ2) is 11.6. The van der Waals surface area contributed by atoms with Crippen LogP contribution >= 0.6 is 11.6 Å². The van der Waals surface area contributed by atoms with Crippen molar-refractivity contribution in [3.05, 3.63) is 94.0 Å². The molecule has 0 spiro atoms. The van der Waals surface area contributed by atoms with Crippen molar-refractivity contribution in [3.63, 3.8) is 0 Å². The Morgan fingerprint density at radius 2 is 1.81 bits per heavy atom. The molecule has 192 valence electrons. The number of ether oxygens (including phenoxy) is 1. The van der Waals surface area contributed by atoms with E-state index in [1.165, 1.54) is 36.6 Å². The van der Waals surface area contributed by atoms with Gasteiger partial charge in [0.25, 0.3) is 5.91 Å². The summed E-state index contributed by atoms with van der Waals surface area (Å²) < 4.78 is 42.0. The van der Waals surface area contributed by atoms with Gasteiger partial charge < -0.3 is 15.0 Å². The molecule has 0 radical (unpaired) electrons. The lowest BCUT2D eigenvalue weighted by molar-refractivity contribution is -0.274. The number of amides is 1. The normalized spacial score (nSPS) is 13.1. The van der Waals surface area contributed by atoms with Gasteiger partial charge in [0, 0.05) is 18.8 Å². The lowest BCUT2D eigenvalue weighted by atomic mass is 10.1. The summed E-state index contributed by atoms with van der Waals surface area (Å²) >= 11 is 6.42. The van der Waals surface area contributed by atoms with Crippen molar-refractivity contribution < 1.29 is 22.7 Å². The number of benzene rings is 3. The number of nitrogens with one attached hydrogen (secondary N) is 1. The number of nitrogens with zero attached hydrogens (tertiary/aromatic N) is 2. The van der Waals surface area contributed by atoms with Gasteiger partial charge in [-0.05, 0) is 66.1 Å². The van der Waals surface area contributed by atoms with E-state index in [1.54, 1.807) is 29.2 Å². The summed E-state index contributed by atoms with van der Waals surface area (Å²) in [6.45, 7) is 0.502. The number of nitriles is 1. The zero-order valence-electron chi connectivity index (χ0n) is 19.9. The molecule has 0 aliphatic heterocycles. The zero-order valence-corrected chi connectivity index (χ0v) is 20.6. The smallest absolute Gasteiger partial charge is 0.406 e. The fourth-order valence-electron chi connectivity index (χ4n) is 4.13. The first-order chi connectivity index (χ1) is 17.7. The van der Waals surface area contributed by atoms with Crippen LogP contribution in [-0.4, -0.2) is 30.3 Å². The number of hydrogen-bond donors (Lipinski definition) is 1. The van der Waals surface area contributed by atoms with Crippen LogP contribution in [0.3, 0.4) is 0 Å². The Hall–Kier alpha value is -3.70. The largest absolute Gasteiger partial charge is 0.573 e. The molecule has 0 heterocycles. The maximum Gasteiger partial charge on any atom is 0.573 e. The van der Waals surface area contributed by atoms with Gasteiger partial charge in [-0.1, -0.05) is 54.1 Å². The lowest BCUT2D eigenvalue weighted by Crippen LogP contribution is -2.33. The van der Waals surface area contributed by atoms with Crippen LogP contribution in [0.4, 0.5) is 18.9 Å². The van der Waals surface area contributed by atoms with Crippen molar-refractivity contribution in [2.75, 3.05) is 18.4 Å². The molecule has 1 N–H and O–H groups in total. The van der Waals surface area contributed by atoms with Crippen LogP contribution in [0.5, 0.6) is 5.75 Å². The summed E-state index contributed by atoms with van der Waals surface area (Å²) in [5.41, 5.74) is 3.46. The zero-order chi connectivity index (χ0) is 26.4. The molecule has 9 heteroatoms. The van der Waals surface area contributed by atoms with E-state index in [0.717, 1.165) is 5.56 Å². The van der Waals surface area contributed by atoms with E-state index in [0.29, 0.717) is 23.6 Å². The Morgan fingerprint density at radius 3 is 2.49 bits per heavy atom. The van der Waals surface area contributed by atoms with E-state index >= 15 is 0 Å². The van der Waals surface area contributed by atoms with Gasteiger partial charge >= 0.3 is 6.36 Å². The van der Waals surface area contributed by atoms with Gasteiger partial charge in [0.15, 0.2) is 0 Å². The highest BCUT2D eigenvalue weighted by Gasteiger charge is 2.31. The molecule has 3 aromatic carbocycles. The van der Waals surface area contributed by atoms with E-state index < -0.39 is 6.36 Å². The number of rotatable bonds is 10. The number of carbonyl (C=O) groups is 1. The van der Waals surface area contributed by atoms with Gasteiger partial charge in [-0.25, -0.2) is 0 Å². The molecule has 4 rings (SSSR count). The van der Waals surface area contributed by atoms with Crippen LogP contribution in [0.2, 0.25) is 5.02 Å². The van der Waals surface area contributed by atoms with E-state index in [2.05, 4.69) is 22.2 Å². The van der Waals surface area contributed by atoms with Gasteiger partial charge in [-0.2, -0.15) is 5.26 Å². The van der Waals surface area contributed by atoms with Crippen LogP contribution in [0.1, 0.15) is 45.8 Å². The molecule has 3 aromatic rings. The monoisotopic (exact) mass is 527 g/mol. The summed E-state index contributed by atoms with van der Waals surface area (Å²) in [4.78, 5) is 15.4. The summed E-state index contributed by atoms with van der Waals surface area (Å²) in [6, 6.07) is 20.8. The maximum atomic E-state index is 13.8. The molecule has 0 bridgehead atoms. The first-order valence-electron chi connectivity index (χ1n) is 11.9. The Morgan fingerprint density at radius 1 is 1.08 bits per heavy atom. The highest BCUT2D eigenvalue weighted by Crippen LogP contribution is 2.40. The Kier molecular flexibility index (Phi) is 8.24. The van der Waals surface area contributed by atoms with Gasteiger partial charge in [0.05, 0.1) is 16.7 Å². The minimum absolute atomic E-state index is 0.00471. The minimum atomic E-state index is -4.79. The number of alkyl halides is 3. The van der Waals surface area contributed by atoms with Crippen molar-refractivity contribution in [3.8, 4) is 11.8 Å². The quantitative estimate of drug-likeness (QED) is 0.290. The second-order valence-electron chi connectivity index (χ2n) is 8.86. The third kappa shape index (κ3) is 7.40. The van der Waals surface area contributed by atoms with E-state index in [9.17, 15) is 18.0 Å². The molecular weight excluding hydrogens is 503 g/mol. The highest BCUT2D eigenvalue weighted by atomic mass is 35.5. The Bertz CT molecular complexity index is 1290. The molecule has 1 fully saturated rings. The molecule has 1 aliphatic rings. The molecule has 0 aromatic heterocycles. The van der Waals surface area contributed by atoms with Crippen LogP contribution < -0.4 is 10.1 Å². The fourth-order valence-corrected chi connectivity index (χ4v) is 4.38. The van der Waals surface area contributed by atoms with Crippen molar-refractivity contribution >= 4 is 23.2 Å². The molecular formula is C28H25ClF3N3O2. The van der Waals surface area contributed by atoms with Crippen LogP contribution in [-0.2, 0) is 13.0 Å². The maximum absolute atomic E-state index is 13.8. The van der Waals surface area contributed by atoms with Crippen molar-refractivity contribution in [2.45, 2.75) is 38.1 Å². The number of anilines is 1. The SMILES string of the molecule is N#CCNc1cccc(Cl)c1C(=O)N(CCc1cccc(OC(F)(F)F)c1)Cc1ccc(C2CC2)cc1. The average Bonchev–Trinajstić information content (AvgIpc) is 3.70. The van der Waals surface area contributed by atoms with Crippen LogP contribution in [0, 0.1) is 11.3 Å². The number of carbonyl (C=O) groups excluding carboxylic acids is 1. The van der Waals surface area contributed by atoms with E-state index in [4.69, 9.17) is 16.9 Å². The van der Waals surface area contributed by atoms with Crippen molar-refractivity contribution in [1.29, 1.82) is 5.26 Å². The average molecular weight is 528 g/mol. The highest BCUT2D eigenvalue weighted by molar-refractivity contribution is 6.34. The first-order valence-corrected chi connectivity index (χ1v) is 12.2. The van der Waals surface area contributed by atoms with Gasteiger partial charge in [0.2, 0.25) is 0 Å². The third-order valence-corrected chi connectivity index (χ3v) is 6.39. The number of hydrogen-bond acceptors (Lipinski definition) is 4. The summed E-state index contributed by atoms with van der Waals surface area (Å²) in [7, 11) is 0. The molecule has 0 unspecified atom stereocenters. The Labute approximate surface area is 218 Å². The second-order valence-corrected chi connectivity index (χ2v) is 9.27. The van der Waals surface area contributed by atoms with Crippen LogP contribution in [0.15, 0.2) is 66.7 Å². The molecule has 1 aliphatic carbocycles. The standard InChI is InChI=1S/C28H25ClF3N3O2/c29-24-5-2-6-25(34-15-14-33)26(24)27(36)35(18-20-7-9-21(10-8-20)22-11-12-22)16-13-19-3-1-4-23(17-19)37-28(30,31)32/h1-10,17,22,34H,11-13,15-16,18H2. The van der Waals surface area contributed by atoms with Gasteiger partial charge in [-0.3, -0.25) is 4.79 Å². The molecule has 37 heavy (non-hydrogen) atoms. The molecule has 5 nitrogen and oxygen atoms in total. The number of halogens is 4.